The molecule has 1 aliphatic rings. The molecule has 0 aromatic carbocycles. The Morgan fingerprint density at radius 2 is 1.75 bits per heavy atom. The summed E-state index contributed by atoms with van der Waals surface area (Å²) in [7, 11) is 0. The van der Waals surface area contributed by atoms with Gasteiger partial charge in [-0.05, 0) is 5.41 Å². The second kappa shape index (κ2) is 7.36. The first-order chi connectivity index (χ1) is 4.11. The van der Waals surface area contributed by atoms with Crippen LogP contribution < -0.4 is 0 Å². The van der Waals surface area contributed by atoms with E-state index in [1.807, 2.05) is 0 Å². The Morgan fingerprint density at radius 3 is 1.92 bits per heavy atom. The fraction of sp³-hybridized carbons (Fsp3) is 0.556. The number of hydrogen-bond acceptors (Lipinski definition) is 0. The molecule has 0 aromatic rings. The molecule has 0 aliphatic heterocycles. The van der Waals surface area contributed by atoms with E-state index in [0.717, 1.165) is 6.42 Å². The third kappa shape index (κ3) is 5.57. The van der Waals surface area contributed by atoms with Gasteiger partial charge in [0.1, 0.15) is 0 Å². The topological polar surface area (TPSA) is 0 Å². The molecule has 0 saturated carbocycles. The molecule has 0 saturated heterocycles. The number of allylic oxidation sites excluding steroid dienone is 4. The summed E-state index contributed by atoms with van der Waals surface area (Å²) in [5, 5.41) is 0. The van der Waals surface area contributed by atoms with Crippen molar-refractivity contribution in [1.82, 2.24) is 0 Å². The smallest absolute Gasteiger partial charge is 0 e. The van der Waals surface area contributed by atoms with Crippen LogP contribution in [0.3, 0.4) is 0 Å². The van der Waals surface area contributed by atoms with Crippen LogP contribution in [0.4, 0.5) is 0 Å². The van der Waals surface area contributed by atoms with Crippen molar-refractivity contribution >= 4 is 24.8 Å². The number of rotatable bonds is 0. The average molecular weight is 285 g/mol. The molecule has 0 heterocycles. The molecule has 3 heteroatoms. The van der Waals surface area contributed by atoms with Gasteiger partial charge in [0.25, 0.3) is 0 Å². The van der Waals surface area contributed by atoms with Crippen LogP contribution in [0.5, 0.6) is 0 Å². The zero-order valence-corrected chi connectivity index (χ0v) is 11.8. The molecule has 0 amide bonds. The van der Waals surface area contributed by atoms with Crippen molar-refractivity contribution in [3.8, 4) is 0 Å². The minimum absolute atomic E-state index is 0. The third-order valence-electron chi connectivity index (χ3n) is 1.50. The molecule has 0 nitrogen and oxygen atoms in total. The Labute approximate surface area is 107 Å². The first-order valence-corrected chi connectivity index (χ1v) is 3.38. The van der Waals surface area contributed by atoms with Crippen molar-refractivity contribution in [2.45, 2.75) is 27.2 Å². The molecule has 0 spiro atoms. The second-order valence-corrected chi connectivity index (χ2v) is 3.45. The molecule has 70 valence electrons. The van der Waals surface area contributed by atoms with Gasteiger partial charge in [0.05, 0.1) is 0 Å². The van der Waals surface area contributed by atoms with Crippen LogP contribution in [-0.2, 0) is 26.2 Å². The maximum Gasteiger partial charge on any atom is 0 e. The van der Waals surface area contributed by atoms with Crippen LogP contribution in [0.1, 0.15) is 27.2 Å². The predicted octanol–water partition coefficient (Wildman–Crippen LogP) is 3.56. The Morgan fingerprint density at radius 1 is 1.25 bits per heavy atom. The van der Waals surface area contributed by atoms with E-state index in [2.05, 4.69) is 39.0 Å². The zero-order chi connectivity index (χ0) is 6.91. The summed E-state index contributed by atoms with van der Waals surface area (Å²) in [5.41, 5.74) is 1.65. The van der Waals surface area contributed by atoms with Crippen LogP contribution in [0, 0.1) is 11.5 Å². The summed E-state index contributed by atoms with van der Waals surface area (Å²) < 4.78 is 0. The van der Waals surface area contributed by atoms with Crippen LogP contribution in [-0.4, -0.2) is 0 Å². The Bertz CT molecular complexity index is 166. The van der Waals surface area contributed by atoms with Crippen LogP contribution in [0.15, 0.2) is 17.7 Å². The van der Waals surface area contributed by atoms with E-state index >= 15 is 0 Å². The molecule has 1 aliphatic carbocycles. The molecule has 12 heavy (non-hydrogen) atoms. The van der Waals surface area contributed by atoms with Gasteiger partial charge in [-0.2, -0.15) is 6.08 Å². The molecule has 0 unspecified atom stereocenters. The van der Waals surface area contributed by atoms with E-state index in [9.17, 15) is 0 Å². The normalized spacial score (nSPS) is 13.8. The van der Waals surface area contributed by atoms with Gasteiger partial charge in [0.2, 0.25) is 0 Å². The Hall–Kier alpha value is 0.943. The van der Waals surface area contributed by atoms with Crippen molar-refractivity contribution in [3.63, 3.8) is 0 Å². The molecule has 0 bridgehead atoms. The molecule has 0 aromatic heterocycles. The molecular formula is C9H15Cl2Zr-. The van der Waals surface area contributed by atoms with E-state index in [0.29, 0.717) is 5.41 Å². The van der Waals surface area contributed by atoms with Crippen LogP contribution >= 0.6 is 24.8 Å². The summed E-state index contributed by atoms with van der Waals surface area (Å²) in [6.45, 7) is 6.64. The van der Waals surface area contributed by atoms with E-state index in [4.69, 9.17) is 0 Å². The van der Waals surface area contributed by atoms with E-state index in [-0.39, 0.29) is 51.0 Å². The summed E-state index contributed by atoms with van der Waals surface area (Å²) in [6.07, 6.45) is 8.63. The Kier molecular flexibility index (Phi) is 11.4. The van der Waals surface area contributed by atoms with Crippen molar-refractivity contribution in [1.29, 1.82) is 0 Å². The van der Waals surface area contributed by atoms with Gasteiger partial charge < -0.3 is 0 Å². The minimum atomic E-state index is 0. The van der Waals surface area contributed by atoms with E-state index in [1.165, 1.54) is 5.57 Å². The molecule has 1 rings (SSSR count). The van der Waals surface area contributed by atoms with Gasteiger partial charge in [0, 0.05) is 26.2 Å². The summed E-state index contributed by atoms with van der Waals surface area (Å²) in [4.78, 5) is 0. The average Bonchev–Trinajstić information content (AvgIpc) is 2.08. The van der Waals surface area contributed by atoms with Crippen molar-refractivity contribution in [2.24, 2.45) is 5.41 Å². The Balaban J connectivity index is -0.000000270. The zero-order valence-electron chi connectivity index (χ0n) is 7.68. The first kappa shape index (κ1) is 18.7. The first-order valence-electron chi connectivity index (χ1n) is 3.38. The van der Waals surface area contributed by atoms with E-state index in [1.54, 1.807) is 0 Å². The van der Waals surface area contributed by atoms with Gasteiger partial charge in [-0.25, -0.2) is 11.6 Å². The summed E-state index contributed by atoms with van der Waals surface area (Å²) in [6, 6.07) is 0. The van der Waals surface area contributed by atoms with Crippen molar-refractivity contribution < 1.29 is 26.2 Å². The fourth-order valence-corrected chi connectivity index (χ4v) is 0.920. The summed E-state index contributed by atoms with van der Waals surface area (Å²) in [5.74, 6) is 0. The molecule has 0 atom stereocenters. The largest absolute Gasteiger partial charge is 0.269 e. The minimum Gasteiger partial charge on any atom is -0.269 e. The van der Waals surface area contributed by atoms with Crippen molar-refractivity contribution in [3.05, 3.63) is 23.8 Å². The molecule has 0 fully saturated rings. The van der Waals surface area contributed by atoms with Gasteiger partial charge in [-0.15, -0.1) is 31.2 Å². The molecular weight excluding hydrogens is 270 g/mol. The molecule has 0 N–H and O–H groups in total. The second-order valence-electron chi connectivity index (χ2n) is 3.45. The van der Waals surface area contributed by atoms with Gasteiger partial charge in [-0.3, -0.25) is 6.08 Å². The predicted molar refractivity (Wildman–Crippen MR) is 54.5 cm³/mol. The molecule has 0 radical (unpaired) electrons. The monoisotopic (exact) mass is 283 g/mol. The quantitative estimate of drug-likeness (QED) is 0.597. The van der Waals surface area contributed by atoms with Gasteiger partial charge in [-0.1, -0.05) is 20.8 Å². The number of hydrogen-bond donors (Lipinski definition) is 0. The third-order valence-corrected chi connectivity index (χ3v) is 1.50. The van der Waals surface area contributed by atoms with Crippen molar-refractivity contribution in [2.75, 3.05) is 0 Å². The SMILES string of the molecule is CC(C)(C)C1=[C-]CC=C1.Cl.Cl.[Zr]. The maximum atomic E-state index is 3.30. The fourth-order valence-electron chi connectivity index (χ4n) is 0.920. The summed E-state index contributed by atoms with van der Waals surface area (Å²) >= 11 is 0. The number of halogens is 2. The maximum absolute atomic E-state index is 3.30. The van der Waals surface area contributed by atoms with Crippen LogP contribution in [0.2, 0.25) is 0 Å². The van der Waals surface area contributed by atoms with Gasteiger partial charge >= 0.3 is 0 Å². The van der Waals surface area contributed by atoms with Gasteiger partial charge in [0.15, 0.2) is 0 Å². The standard InChI is InChI=1S/C9H13.2ClH.Zr/c1-9(2,3)8-6-4-5-7-8;;;/h4,6H,5H2,1-3H3;2*1H;/q-1;;;. The van der Waals surface area contributed by atoms with E-state index < -0.39 is 0 Å². The van der Waals surface area contributed by atoms with Crippen LogP contribution in [0.25, 0.3) is 0 Å².